The quantitative estimate of drug-likeness (QED) is 0.302. The average molecular weight is 530 g/mol. The molecule has 1 aromatic rings. The maximum Gasteiger partial charge on any atom is 0.226 e. The van der Waals surface area contributed by atoms with Gasteiger partial charge in [-0.15, -0.1) is 0 Å². The maximum absolute atomic E-state index is 15.3. The van der Waals surface area contributed by atoms with Crippen LogP contribution in [0.1, 0.15) is 71.3 Å². The predicted molar refractivity (Wildman–Crippen MR) is 149 cm³/mol. The Morgan fingerprint density at radius 2 is 1.81 bits per heavy atom. The fourth-order valence-electron chi connectivity index (χ4n) is 6.88. The van der Waals surface area contributed by atoms with Crippen molar-refractivity contribution in [2.75, 3.05) is 32.7 Å². The highest BCUT2D eigenvalue weighted by molar-refractivity contribution is 6.30. The summed E-state index contributed by atoms with van der Waals surface area (Å²) in [7, 11) is 0. The summed E-state index contributed by atoms with van der Waals surface area (Å²) in [5.41, 5.74) is -1.10. The van der Waals surface area contributed by atoms with E-state index in [1.54, 1.807) is 0 Å². The molecule has 1 saturated carbocycles. The van der Waals surface area contributed by atoms with Gasteiger partial charge in [0.1, 0.15) is 16.8 Å². The number of hydrogen-bond donors (Lipinski definition) is 4. The van der Waals surface area contributed by atoms with E-state index in [-0.39, 0.29) is 35.4 Å². The molecule has 1 aliphatic carbocycles. The second kappa shape index (κ2) is 11.4. The molecule has 2 aliphatic heterocycles. The molecule has 7 nitrogen and oxygen atoms in total. The topological polar surface area (TPSA) is 97.3 Å². The van der Waals surface area contributed by atoms with E-state index in [0.29, 0.717) is 50.1 Å². The van der Waals surface area contributed by atoms with Gasteiger partial charge in [-0.1, -0.05) is 44.5 Å². The third-order valence-corrected chi connectivity index (χ3v) is 9.17. The Morgan fingerprint density at radius 1 is 1.14 bits per heavy atom. The van der Waals surface area contributed by atoms with Crippen molar-refractivity contribution in [3.8, 4) is 0 Å². The number of Topliss-reactive ketones (excluding diaryl/α,β-unsaturated/α-hetero) is 1. The highest BCUT2D eigenvalue weighted by Gasteiger charge is 2.63. The molecule has 3 aliphatic rings. The first-order chi connectivity index (χ1) is 17.7. The van der Waals surface area contributed by atoms with Crippen LogP contribution in [0.15, 0.2) is 24.3 Å². The predicted octanol–water partition coefficient (Wildman–Crippen LogP) is 3.96. The first kappa shape index (κ1) is 28.1. The summed E-state index contributed by atoms with van der Waals surface area (Å²) in [5, 5.41) is 20.0. The van der Waals surface area contributed by atoms with Gasteiger partial charge in [-0.3, -0.25) is 15.0 Å². The van der Waals surface area contributed by atoms with Crippen molar-refractivity contribution in [3.63, 3.8) is 0 Å². The second-order valence-corrected chi connectivity index (χ2v) is 12.1. The van der Waals surface area contributed by atoms with Crippen molar-refractivity contribution in [1.82, 2.24) is 20.9 Å². The number of amidine groups is 1. The molecule has 3 fully saturated rings. The molecule has 3 atom stereocenters. The Bertz CT molecular complexity index is 983. The largest absolute Gasteiger partial charge is 0.373 e. The first-order valence-electron chi connectivity index (χ1n) is 14.0. The monoisotopic (exact) mass is 529 g/mol. The van der Waals surface area contributed by atoms with E-state index in [9.17, 15) is 10.2 Å². The van der Waals surface area contributed by atoms with Crippen LogP contribution in [0.3, 0.4) is 0 Å². The van der Waals surface area contributed by atoms with Gasteiger partial charge in [-0.25, -0.2) is 0 Å². The van der Waals surface area contributed by atoms with Crippen LogP contribution in [0.25, 0.3) is 0 Å². The normalized spacial score (nSPS) is 31.9. The van der Waals surface area contributed by atoms with Gasteiger partial charge in [0.2, 0.25) is 5.91 Å². The van der Waals surface area contributed by atoms with Gasteiger partial charge in [0.25, 0.3) is 0 Å². The number of halogens is 1. The fraction of sp³-hybridized carbons (Fsp3) is 0.690. The Morgan fingerprint density at radius 3 is 2.38 bits per heavy atom. The van der Waals surface area contributed by atoms with Crippen LogP contribution in [-0.4, -0.2) is 66.7 Å². The molecule has 37 heavy (non-hydrogen) atoms. The van der Waals surface area contributed by atoms with Crippen LogP contribution in [0.4, 0.5) is 0 Å². The van der Waals surface area contributed by atoms with Crippen molar-refractivity contribution in [3.05, 3.63) is 34.9 Å². The summed E-state index contributed by atoms with van der Waals surface area (Å²) < 4.78 is 0. The minimum atomic E-state index is -1.10. The van der Waals surface area contributed by atoms with Crippen LogP contribution in [0.5, 0.6) is 0 Å². The minimum Gasteiger partial charge on any atom is -0.373 e. The van der Waals surface area contributed by atoms with Crippen LogP contribution < -0.4 is 16.0 Å². The number of carbonyl (C=O) groups is 2. The van der Waals surface area contributed by atoms with Crippen molar-refractivity contribution in [2.45, 2.75) is 77.3 Å². The van der Waals surface area contributed by atoms with Crippen LogP contribution >= 0.6 is 11.6 Å². The third kappa shape index (κ3) is 5.07. The summed E-state index contributed by atoms with van der Waals surface area (Å²) >= 11 is 6.20. The number of ketones is 1. The van der Waals surface area contributed by atoms with Gasteiger partial charge < -0.3 is 20.9 Å². The number of nitrogens with zero attached hydrogens (tertiary/aromatic N) is 1. The maximum atomic E-state index is 15.3. The number of rotatable bonds is 8. The highest BCUT2D eigenvalue weighted by atomic mass is 35.5. The zero-order valence-corrected chi connectivity index (χ0v) is 23.6. The molecule has 2 saturated heterocycles. The van der Waals surface area contributed by atoms with Crippen molar-refractivity contribution >= 4 is 29.1 Å². The molecule has 2 heterocycles. The van der Waals surface area contributed by atoms with Crippen LogP contribution in [-0.2, 0) is 9.59 Å². The third-order valence-electron chi connectivity index (χ3n) is 8.92. The van der Waals surface area contributed by atoms with E-state index >= 15 is 4.79 Å². The lowest BCUT2D eigenvalue weighted by Crippen LogP contribution is -2.69. The lowest BCUT2D eigenvalue weighted by atomic mass is 9.64. The summed E-state index contributed by atoms with van der Waals surface area (Å²) in [4.78, 5) is 31.2. The smallest absolute Gasteiger partial charge is 0.226 e. The number of benzene rings is 1. The van der Waals surface area contributed by atoms with Crippen LogP contribution in [0.2, 0.25) is 5.02 Å². The molecule has 0 unspecified atom stereocenters. The summed E-state index contributed by atoms with van der Waals surface area (Å²) in [6.45, 7) is 10.7. The van der Waals surface area contributed by atoms with E-state index in [0.717, 1.165) is 31.2 Å². The Labute approximate surface area is 227 Å². The number of nitrogens with one attached hydrogen (secondary N) is 4. The summed E-state index contributed by atoms with van der Waals surface area (Å²) in [6.07, 6.45) is 4.55. The van der Waals surface area contributed by atoms with Gasteiger partial charge >= 0.3 is 0 Å². The van der Waals surface area contributed by atoms with E-state index < -0.39 is 11.0 Å². The molecule has 0 aromatic heterocycles. The minimum absolute atomic E-state index is 0.00600. The van der Waals surface area contributed by atoms with Gasteiger partial charge in [-0.05, 0) is 69.2 Å². The molecule has 4 N–H and O–H groups in total. The molecule has 4 rings (SSSR count). The Hall–Kier alpha value is -1.96. The Kier molecular flexibility index (Phi) is 8.66. The van der Waals surface area contributed by atoms with Crippen molar-refractivity contribution in [1.29, 1.82) is 5.41 Å². The SMILES string of the molecule is CCNC(=N)[C@@]1(C(=O)[C@]2(N(C(=O)C(C)C)C3CCC(C)CC3)CCNC2)CNC[C@@H]1c1ccc(Cl)cc1. The Balaban J connectivity index is 1.84. The summed E-state index contributed by atoms with van der Waals surface area (Å²) in [6, 6.07) is 7.70. The molecule has 1 aromatic carbocycles. The van der Waals surface area contributed by atoms with E-state index in [1.807, 2.05) is 49.9 Å². The number of hydrogen-bond acceptors (Lipinski definition) is 5. The van der Waals surface area contributed by atoms with Gasteiger partial charge in [-0.2, -0.15) is 0 Å². The second-order valence-electron chi connectivity index (χ2n) is 11.7. The molecular weight excluding hydrogens is 486 g/mol. The lowest BCUT2D eigenvalue weighted by molar-refractivity contribution is -0.156. The van der Waals surface area contributed by atoms with E-state index in [1.165, 1.54) is 0 Å². The van der Waals surface area contributed by atoms with Crippen LogP contribution in [0, 0.1) is 22.7 Å². The lowest BCUT2D eigenvalue weighted by Gasteiger charge is -2.51. The fourth-order valence-corrected chi connectivity index (χ4v) is 7.01. The number of carbonyl (C=O) groups excluding carboxylic acids is 2. The molecule has 1 amide bonds. The van der Waals surface area contributed by atoms with Crippen molar-refractivity contribution < 1.29 is 9.59 Å². The molecule has 0 radical (unpaired) electrons. The summed E-state index contributed by atoms with van der Waals surface area (Å²) in [5.74, 6) is 0.489. The van der Waals surface area contributed by atoms with Gasteiger partial charge in [0.05, 0.1) is 0 Å². The van der Waals surface area contributed by atoms with Crippen molar-refractivity contribution in [2.24, 2.45) is 17.3 Å². The van der Waals surface area contributed by atoms with Gasteiger partial charge in [0, 0.05) is 49.1 Å². The molecule has 0 spiro atoms. The molecule has 8 heteroatoms. The highest BCUT2D eigenvalue weighted by Crippen LogP contribution is 2.47. The molecule has 0 bridgehead atoms. The first-order valence-corrected chi connectivity index (χ1v) is 14.4. The zero-order chi connectivity index (χ0) is 26.8. The molecule has 204 valence electrons. The van der Waals surface area contributed by atoms with Gasteiger partial charge in [0.15, 0.2) is 5.78 Å². The zero-order valence-electron chi connectivity index (χ0n) is 22.8. The molecular formula is C29H44ClN5O2. The standard InChI is InChI=1S/C29H44ClN5O2/c1-5-34-27(31)29(18-33-16-24(29)21-8-10-22(30)11-9-21)26(37)28(14-15-32-17-28)35(25(36)19(2)3)23-12-6-20(4)7-13-23/h8-11,19-20,23-24,32-33H,5-7,12-18H2,1-4H3,(H2,31,34)/t20?,23?,24-,28+,29+/m1/s1. The number of amides is 1. The van der Waals surface area contributed by atoms with E-state index in [2.05, 4.69) is 22.9 Å². The average Bonchev–Trinajstić information content (AvgIpc) is 3.55. The van der Waals surface area contributed by atoms with E-state index in [4.69, 9.17) is 11.6 Å².